The normalized spacial score (nSPS) is 22.7. The Morgan fingerprint density at radius 1 is 0.706 bits per heavy atom. The number of hydrogen-bond donors (Lipinski definition) is 0. The van der Waals surface area contributed by atoms with E-state index in [-0.39, 0.29) is 11.3 Å². The molecule has 0 bridgehead atoms. The minimum absolute atomic E-state index is 0.151. The van der Waals surface area contributed by atoms with Gasteiger partial charge in [0.05, 0.1) is 14.2 Å². The Kier molecular flexibility index (Phi) is 5.82. The first-order valence-electron chi connectivity index (χ1n) is 11.7. The second-order valence-electron chi connectivity index (χ2n) is 9.34. The Hall–Kier alpha value is -3.66. The molecule has 0 N–H and O–H groups in total. The predicted molar refractivity (Wildman–Crippen MR) is 138 cm³/mol. The van der Waals surface area contributed by atoms with Crippen molar-refractivity contribution in [2.75, 3.05) is 28.3 Å². The maximum Gasteiger partial charge on any atom is 0.118 e. The fourth-order valence-electron chi connectivity index (χ4n) is 5.50. The van der Waals surface area contributed by atoms with Crippen molar-refractivity contribution in [3.05, 3.63) is 120 Å². The summed E-state index contributed by atoms with van der Waals surface area (Å²) in [6.45, 7) is 0. The SMILES string of the molecule is COc1ccc(C2CC3(C=CN(C)C=C3)C(=C3C=CN(C)C=C3)C2c2ccc(OC)cc2)cc1. The van der Waals surface area contributed by atoms with E-state index in [0.717, 1.165) is 17.9 Å². The van der Waals surface area contributed by atoms with E-state index < -0.39 is 0 Å². The van der Waals surface area contributed by atoms with E-state index in [1.54, 1.807) is 14.2 Å². The third-order valence-electron chi connectivity index (χ3n) is 7.30. The zero-order valence-corrected chi connectivity index (χ0v) is 20.3. The standard InChI is InChI=1S/C30H32N2O2/c1-31-17-13-24(14-18-31)29-28(23-7-11-26(34-4)12-8-23)27(22-5-9-25(33-3)10-6-22)21-30(29)15-19-32(2)20-16-30/h5-20,27-28H,21H2,1-4H3. The summed E-state index contributed by atoms with van der Waals surface area (Å²) in [6.07, 6.45) is 19.0. The van der Waals surface area contributed by atoms with E-state index in [0.29, 0.717) is 5.92 Å². The minimum Gasteiger partial charge on any atom is -0.497 e. The van der Waals surface area contributed by atoms with Crippen LogP contribution in [0, 0.1) is 5.41 Å². The average molecular weight is 453 g/mol. The molecule has 4 nitrogen and oxygen atoms in total. The van der Waals surface area contributed by atoms with Crippen molar-refractivity contribution in [2.24, 2.45) is 5.41 Å². The van der Waals surface area contributed by atoms with Gasteiger partial charge >= 0.3 is 0 Å². The van der Waals surface area contributed by atoms with Gasteiger partial charge in [-0.3, -0.25) is 0 Å². The molecule has 2 atom stereocenters. The predicted octanol–water partition coefficient (Wildman–Crippen LogP) is 6.20. The van der Waals surface area contributed by atoms with Gasteiger partial charge in [0.1, 0.15) is 11.5 Å². The maximum absolute atomic E-state index is 5.46. The third-order valence-corrected chi connectivity index (χ3v) is 7.30. The van der Waals surface area contributed by atoms with Crippen molar-refractivity contribution >= 4 is 0 Å². The van der Waals surface area contributed by atoms with Gasteiger partial charge in [-0.15, -0.1) is 0 Å². The molecule has 0 radical (unpaired) electrons. The van der Waals surface area contributed by atoms with E-state index in [1.165, 1.54) is 22.3 Å². The Balaban J connectivity index is 1.71. The molecule has 1 aliphatic carbocycles. The van der Waals surface area contributed by atoms with Gasteiger partial charge in [0.15, 0.2) is 0 Å². The fraction of sp³-hybridized carbons (Fsp3) is 0.267. The van der Waals surface area contributed by atoms with Crippen molar-refractivity contribution in [3.8, 4) is 11.5 Å². The molecule has 2 aromatic rings. The number of benzene rings is 2. The van der Waals surface area contributed by atoms with Crippen LogP contribution in [-0.2, 0) is 0 Å². The molecule has 1 fully saturated rings. The summed E-state index contributed by atoms with van der Waals surface area (Å²) < 4.78 is 10.9. The van der Waals surface area contributed by atoms with Gasteiger partial charge in [-0.25, -0.2) is 0 Å². The molecule has 1 spiro atoms. The molecule has 174 valence electrons. The van der Waals surface area contributed by atoms with E-state index in [2.05, 4.69) is 122 Å². The van der Waals surface area contributed by atoms with E-state index in [9.17, 15) is 0 Å². The highest BCUT2D eigenvalue weighted by Gasteiger charge is 2.49. The number of hydrogen-bond acceptors (Lipinski definition) is 4. The van der Waals surface area contributed by atoms with Crippen LogP contribution >= 0.6 is 0 Å². The first-order valence-corrected chi connectivity index (χ1v) is 11.7. The molecule has 1 saturated carbocycles. The van der Waals surface area contributed by atoms with Gasteiger partial charge in [-0.1, -0.05) is 36.4 Å². The maximum atomic E-state index is 5.46. The number of ether oxygens (including phenoxy) is 2. The molecule has 0 aromatic heterocycles. The lowest BCUT2D eigenvalue weighted by atomic mass is 9.75. The lowest BCUT2D eigenvalue weighted by Crippen LogP contribution is -2.22. The fourth-order valence-corrected chi connectivity index (χ4v) is 5.50. The Morgan fingerprint density at radius 3 is 1.74 bits per heavy atom. The summed E-state index contributed by atoms with van der Waals surface area (Å²) in [5.74, 6) is 2.31. The van der Waals surface area contributed by atoms with Gasteiger partial charge in [-0.05, 0) is 71.0 Å². The smallest absolute Gasteiger partial charge is 0.118 e. The summed E-state index contributed by atoms with van der Waals surface area (Å²) >= 11 is 0. The van der Waals surface area contributed by atoms with Gasteiger partial charge < -0.3 is 19.3 Å². The molecule has 5 rings (SSSR count). The minimum atomic E-state index is -0.151. The Morgan fingerprint density at radius 2 is 1.21 bits per heavy atom. The van der Waals surface area contributed by atoms with Gasteiger partial charge in [0.2, 0.25) is 0 Å². The molecule has 2 aliphatic heterocycles. The van der Waals surface area contributed by atoms with Gasteiger partial charge in [-0.2, -0.15) is 0 Å². The van der Waals surface area contributed by atoms with Crippen molar-refractivity contribution < 1.29 is 9.47 Å². The van der Waals surface area contributed by atoms with Crippen LogP contribution in [-0.4, -0.2) is 38.1 Å². The summed E-state index contributed by atoms with van der Waals surface area (Å²) in [5.41, 5.74) is 5.22. The van der Waals surface area contributed by atoms with Crippen LogP contribution in [0.15, 0.2) is 109 Å². The lowest BCUT2D eigenvalue weighted by molar-refractivity contribution is 0.414. The van der Waals surface area contributed by atoms with Crippen LogP contribution in [0.4, 0.5) is 0 Å². The van der Waals surface area contributed by atoms with Crippen LogP contribution in [0.3, 0.4) is 0 Å². The first-order chi connectivity index (χ1) is 16.5. The number of rotatable bonds is 4. The number of allylic oxidation sites excluding steroid dienone is 6. The monoisotopic (exact) mass is 452 g/mol. The largest absolute Gasteiger partial charge is 0.497 e. The first kappa shape index (κ1) is 22.1. The highest BCUT2D eigenvalue weighted by Crippen LogP contribution is 2.61. The van der Waals surface area contributed by atoms with Crippen LogP contribution in [0.25, 0.3) is 0 Å². The highest BCUT2D eigenvalue weighted by molar-refractivity contribution is 5.56. The van der Waals surface area contributed by atoms with Crippen molar-refractivity contribution in [3.63, 3.8) is 0 Å². The molecule has 2 aromatic carbocycles. The molecule has 34 heavy (non-hydrogen) atoms. The molecule has 4 heteroatoms. The summed E-state index contributed by atoms with van der Waals surface area (Å²) in [7, 11) is 7.58. The van der Waals surface area contributed by atoms with Gasteiger partial charge in [0.25, 0.3) is 0 Å². The second kappa shape index (κ2) is 8.94. The molecular formula is C30H32N2O2. The zero-order valence-electron chi connectivity index (χ0n) is 20.3. The zero-order chi connectivity index (χ0) is 23.7. The van der Waals surface area contributed by atoms with Gasteiger partial charge in [0, 0.05) is 50.2 Å². The second-order valence-corrected chi connectivity index (χ2v) is 9.34. The molecule has 0 saturated heterocycles. The van der Waals surface area contributed by atoms with Crippen LogP contribution < -0.4 is 9.47 Å². The third kappa shape index (κ3) is 3.94. The molecule has 2 heterocycles. The summed E-state index contributed by atoms with van der Waals surface area (Å²) in [4.78, 5) is 4.21. The summed E-state index contributed by atoms with van der Waals surface area (Å²) in [6, 6.07) is 17.2. The van der Waals surface area contributed by atoms with Crippen molar-refractivity contribution in [1.82, 2.24) is 9.80 Å². The number of nitrogens with zero attached hydrogens (tertiary/aromatic N) is 2. The Labute approximate surface area is 202 Å². The lowest BCUT2D eigenvalue weighted by Gasteiger charge is -2.32. The van der Waals surface area contributed by atoms with E-state index >= 15 is 0 Å². The topological polar surface area (TPSA) is 24.9 Å². The summed E-state index contributed by atoms with van der Waals surface area (Å²) in [5, 5.41) is 0. The highest BCUT2D eigenvalue weighted by atomic mass is 16.5. The van der Waals surface area contributed by atoms with Crippen LogP contribution in [0.2, 0.25) is 0 Å². The molecule has 2 unspecified atom stereocenters. The van der Waals surface area contributed by atoms with E-state index in [1.807, 2.05) is 0 Å². The van der Waals surface area contributed by atoms with Crippen molar-refractivity contribution in [2.45, 2.75) is 18.3 Å². The molecule has 0 amide bonds. The number of methoxy groups -OCH3 is 2. The molecule has 3 aliphatic rings. The van der Waals surface area contributed by atoms with Crippen molar-refractivity contribution in [1.29, 1.82) is 0 Å². The average Bonchev–Trinajstić information content (AvgIpc) is 3.21. The quantitative estimate of drug-likeness (QED) is 0.551. The Bertz CT molecular complexity index is 1160. The molecular weight excluding hydrogens is 420 g/mol. The van der Waals surface area contributed by atoms with Crippen LogP contribution in [0.5, 0.6) is 11.5 Å². The van der Waals surface area contributed by atoms with E-state index in [4.69, 9.17) is 9.47 Å². The van der Waals surface area contributed by atoms with Crippen LogP contribution in [0.1, 0.15) is 29.4 Å².